The number of H-pyrrole nitrogens is 1. The quantitative estimate of drug-likeness (QED) is 0.679. The lowest BCUT2D eigenvalue weighted by atomic mass is 10.4. The van der Waals surface area contributed by atoms with Crippen LogP contribution in [0.3, 0.4) is 0 Å². The Balaban J connectivity index is 2.04. The number of imidazole rings is 1. The van der Waals surface area contributed by atoms with Gasteiger partial charge < -0.3 is 10.3 Å². The van der Waals surface area contributed by atoms with E-state index in [4.69, 9.17) is 0 Å². The van der Waals surface area contributed by atoms with Crippen LogP contribution in [-0.2, 0) is 16.4 Å². The molecule has 0 aliphatic carbocycles. The Kier molecular flexibility index (Phi) is 5.29. The van der Waals surface area contributed by atoms with Crippen LogP contribution in [0.1, 0.15) is 19.2 Å². The second kappa shape index (κ2) is 7.19. The molecule has 2 aromatic rings. The van der Waals surface area contributed by atoms with E-state index in [0.29, 0.717) is 18.7 Å². The second-order valence-electron chi connectivity index (χ2n) is 4.47. The first-order chi connectivity index (χ1) is 10.1. The highest BCUT2D eigenvalue weighted by molar-refractivity contribution is 7.89. The van der Waals surface area contributed by atoms with Crippen molar-refractivity contribution in [3.63, 3.8) is 0 Å². The van der Waals surface area contributed by atoms with Crippen LogP contribution < -0.4 is 10.0 Å². The Morgan fingerprint density at radius 1 is 1.24 bits per heavy atom. The molecule has 0 amide bonds. The van der Waals surface area contributed by atoms with Gasteiger partial charge in [0.25, 0.3) is 10.0 Å². The summed E-state index contributed by atoms with van der Waals surface area (Å²) in [5, 5.41) is 3.10. The van der Waals surface area contributed by atoms with Gasteiger partial charge in [0.1, 0.15) is 5.82 Å². The number of nitrogens with zero attached hydrogens (tertiary/aromatic N) is 2. The molecule has 0 fully saturated rings. The van der Waals surface area contributed by atoms with E-state index < -0.39 is 10.0 Å². The first kappa shape index (κ1) is 15.5. The van der Waals surface area contributed by atoms with Crippen molar-refractivity contribution < 1.29 is 8.42 Å². The highest BCUT2D eigenvalue weighted by Crippen LogP contribution is 2.17. The van der Waals surface area contributed by atoms with Gasteiger partial charge in [-0.1, -0.05) is 6.92 Å². The number of anilines is 1. The molecule has 21 heavy (non-hydrogen) atoms. The average molecular weight is 309 g/mol. The summed E-state index contributed by atoms with van der Waals surface area (Å²) in [5.41, 5.74) is 0.518. The van der Waals surface area contributed by atoms with Crippen LogP contribution in [0.2, 0.25) is 0 Å². The molecule has 0 spiro atoms. The number of pyridine rings is 1. The van der Waals surface area contributed by atoms with E-state index in [1.54, 1.807) is 24.5 Å². The number of hydrogen-bond acceptors (Lipinski definition) is 5. The molecule has 0 radical (unpaired) electrons. The third-order valence-electron chi connectivity index (χ3n) is 2.80. The summed E-state index contributed by atoms with van der Waals surface area (Å²) < 4.78 is 27.1. The Labute approximate surface area is 124 Å². The number of nitrogens with one attached hydrogen (secondary N) is 3. The van der Waals surface area contributed by atoms with E-state index in [0.717, 1.165) is 12.2 Å². The zero-order chi connectivity index (χ0) is 15.1. The smallest absolute Gasteiger partial charge is 0.260 e. The normalized spacial score (nSPS) is 11.5. The van der Waals surface area contributed by atoms with Gasteiger partial charge in [-0.3, -0.25) is 0 Å². The summed E-state index contributed by atoms with van der Waals surface area (Å²) in [6, 6.07) is 3.42. The Morgan fingerprint density at radius 2 is 2.10 bits per heavy atom. The van der Waals surface area contributed by atoms with Crippen LogP contribution in [-0.4, -0.2) is 36.5 Å². The predicted molar refractivity (Wildman–Crippen MR) is 80.5 cm³/mol. The third-order valence-corrected chi connectivity index (χ3v) is 4.22. The van der Waals surface area contributed by atoms with E-state index >= 15 is 0 Å². The van der Waals surface area contributed by atoms with Gasteiger partial charge in [-0.25, -0.2) is 23.1 Å². The molecule has 114 valence electrons. The largest absolute Gasteiger partial charge is 0.383 e. The molecule has 2 heterocycles. The monoisotopic (exact) mass is 309 g/mol. The van der Waals surface area contributed by atoms with E-state index in [2.05, 4.69) is 25.0 Å². The maximum Gasteiger partial charge on any atom is 0.260 e. The van der Waals surface area contributed by atoms with Gasteiger partial charge in [-0.15, -0.1) is 0 Å². The molecule has 0 saturated carbocycles. The maximum absolute atomic E-state index is 12.3. The lowest BCUT2D eigenvalue weighted by Crippen LogP contribution is -2.28. The predicted octanol–water partition coefficient (Wildman–Crippen LogP) is 1.15. The van der Waals surface area contributed by atoms with Crippen molar-refractivity contribution >= 4 is 15.7 Å². The number of aromatic nitrogens is 3. The van der Waals surface area contributed by atoms with Gasteiger partial charge in [0, 0.05) is 38.1 Å². The second-order valence-corrected chi connectivity index (χ2v) is 6.15. The summed E-state index contributed by atoms with van der Waals surface area (Å²) in [6.45, 7) is 2.97. The topological polar surface area (TPSA) is 99.8 Å². The minimum atomic E-state index is -3.64. The number of aromatic amines is 1. The zero-order valence-corrected chi connectivity index (χ0v) is 12.7. The molecule has 0 aromatic carbocycles. The SMILES string of the molecule is CCCNc1cccnc1S(=O)(=O)NCCc1ncc[nH]1. The fraction of sp³-hybridized carbons (Fsp3) is 0.385. The molecule has 0 bridgehead atoms. The highest BCUT2D eigenvalue weighted by Gasteiger charge is 2.19. The van der Waals surface area contributed by atoms with E-state index in [1.165, 1.54) is 6.20 Å². The van der Waals surface area contributed by atoms with Crippen molar-refractivity contribution in [2.75, 3.05) is 18.4 Å². The van der Waals surface area contributed by atoms with Crippen LogP contribution in [0, 0.1) is 0 Å². The summed E-state index contributed by atoms with van der Waals surface area (Å²) in [6.07, 6.45) is 6.21. The molecule has 0 unspecified atom stereocenters. The summed E-state index contributed by atoms with van der Waals surface area (Å²) in [5.74, 6) is 0.739. The van der Waals surface area contributed by atoms with Gasteiger partial charge >= 0.3 is 0 Å². The van der Waals surface area contributed by atoms with Crippen molar-refractivity contribution in [1.29, 1.82) is 0 Å². The van der Waals surface area contributed by atoms with Crippen molar-refractivity contribution in [3.05, 3.63) is 36.5 Å². The standard InChI is InChI=1S/C13H19N5O2S/c1-2-6-14-11-4-3-7-17-13(11)21(19,20)18-8-5-12-15-9-10-16-12/h3-4,7,9-10,14,18H,2,5-6,8H2,1H3,(H,15,16). The van der Waals surface area contributed by atoms with Crippen molar-refractivity contribution in [2.24, 2.45) is 0 Å². The summed E-state index contributed by atoms with van der Waals surface area (Å²) >= 11 is 0. The Morgan fingerprint density at radius 3 is 2.81 bits per heavy atom. The number of sulfonamides is 1. The van der Waals surface area contributed by atoms with Crippen LogP contribution in [0.5, 0.6) is 0 Å². The van der Waals surface area contributed by atoms with Gasteiger partial charge in [0.2, 0.25) is 0 Å². The van der Waals surface area contributed by atoms with Crippen LogP contribution in [0.25, 0.3) is 0 Å². The number of hydrogen-bond donors (Lipinski definition) is 3. The van der Waals surface area contributed by atoms with Gasteiger partial charge in [0.15, 0.2) is 5.03 Å². The maximum atomic E-state index is 12.3. The van der Waals surface area contributed by atoms with Crippen LogP contribution in [0.15, 0.2) is 35.7 Å². The molecule has 0 saturated heterocycles. The first-order valence-electron chi connectivity index (χ1n) is 6.80. The zero-order valence-electron chi connectivity index (χ0n) is 11.8. The minimum absolute atomic E-state index is 0.0258. The molecule has 7 nitrogen and oxygen atoms in total. The first-order valence-corrected chi connectivity index (χ1v) is 8.28. The van der Waals surface area contributed by atoms with Crippen LogP contribution in [0.4, 0.5) is 5.69 Å². The molecule has 2 rings (SSSR count). The molecule has 3 N–H and O–H groups in total. The van der Waals surface area contributed by atoms with E-state index in [9.17, 15) is 8.42 Å². The van der Waals surface area contributed by atoms with Crippen LogP contribution >= 0.6 is 0 Å². The molecule has 0 atom stereocenters. The Hall–Kier alpha value is -1.93. The summed E-state index contributed by atoms with van der Waals surface area (Å²) in [4.78, 5) is 11.0. The highest BCUT2D eigenvalue weighted by atomic mass is 32.2. The van der Waals surface area contributed by atoms with Crippen molar-refractivity contribution in [3.8, 4) is 0 Å². The lowest BCUT2D eigenvalue weighted by Gasteiger charge is -2.11. The third kappa shape index (κ3) is 4.27. The van der Waals surface area contributed by atoms with E-state index in [1.807, 2.05) is 6.92 Å². The molecule has 0 aliphatic rings. The minimum Gasteiger partial charge on any atom is -0.383 e. The van der Waals surface area contributed by atoms with E-state index in [-0.39, 0.29) is 11.6 Å². The molecular formula is C13H19N5O2S. The van der Waals surface area contributed by atoms with Gasteiger partial charge in [-0.05, 0) is 18.6 Å². The van der Waals surface area contributed by atoms with Crippen molar-refractivity contribution in [1.82, 2.24) is 19.7 Å². The van der Waals surface area contributed by atoms with Gasteiger partial charge in [0.05, 0.1) is 5.69 Å². The number of rotatable bonds is 8. The lowest BCUT2D eigenvalue weighted by molar-refractivity contribution is 0.577. The Bertz CT molecular complexity index is 655. The fourth-order valence-corrected chi connectivity index (χ4v) is 2.94. The fourth-order valence-electron chi connectivity index (χ4n) is 1.81. The average Bonchev–Trinajstić information content (AvgIpc) is 2.98. The molecular weight excluding hydrogens is 290 g/mol. The summed E-state index contributed by atoms with van der Waals surface area (Å²) in [7, 11) is -3.64. The molecule has 8 heteroatoms. The molecule has 2 aromatic heterocycles. The van der Waals surface area contributed by atoms with Crippen molar-refractivity contribution in [2.45, 2.75) is 24.8 Å². The van der Waals surface area contributed by atoms with Gasteiger partial charge in [-0.2, -0.15) is 0 Å². The molecule has 0 aliphatic heterocycles.